The van der Waals surface area contributed by atoms with Gasteiger partial charge in [0, 0.05) is 41.5 Å². The van der Waals surface area contributed by atoms with Crippen LogP contribution in [0.1, 0.15) is 78.0 Å². The van der Waals surface area contributed by atoms with E-state index in [0.717, 1.165) is 11.1 Å². The third kappa shape index (κ3) is 14.2. The minimum Gasteiger partial charge on any atom is -0.491 e. The van der Waals surface area contributed by atoms with Crippen LogP contribution < -0.4 is 34.9 Å². The van der Waals surface area contributed by atoms with Crippen molar-refractivity contribution in [2.24, 2.45) is 5.92 Å². The normalized spacial score (nSPS) is 11.1. The predicted molar refractivity (Wildman–Crippen MR) is 269 cm³/mol. The first-order valence-electron chi connectivity index (χ1n) is 22.1. The van der Waals surface area contributed by atoms with E-state index in [1.54, 1.807) is 19.1 Å². The van der Waals surface area contributed by atoms with Gasteiger partial charge in [-0.25, -0.2) is 4.79 Å². The summed E-state index contributed by atoms with van der Waals surface area (Å²) < 4.78 is 28.1. The number of ether oxygens (including phenoxy) is 5. The van der Waals surface area contributed by atoms with Gasteiger partial charge < -0.3 is 39.6 Å². The molecule has 16 heteroatoms. The van der Waals surface area contributed by atoms with Gasteiger partial charge in [0.25, 0.3) is 11.8 Å². The molecule has 0 aliphatic heterocycles. The summed E-state index contributed by atoms with van der Waals surface area (Å²) in [6, 6.07) is 24.5. The quantitative estimate of drug-likeness (QED) is 0.0215. The van der Waals surface area contributed by atoms with Crippen LogP contribution in [-0.4, -0.2) is 74.3 Å². The Balaban J connectivity index is 1.25. The lowest BCUT2D eigenvalue weighted by molar-refractivity contribution is -0.119. The molecule has 0 fully saturated rings. The average Bonchev–Trinajstić information content (AvgIpc) is 3.37. The van der Waals surface area contributed by atoms with E-state index in [9.17, 15) is 34.0 Å². The van der Waals surface area contributed by atoms with E-state index in [2.05, 4.69) is 40.7 Å². The summed E-state index contributed by atoms with van der Waals surface area (Å²) in [5.41, 5.74) is 4.09. The van der Waals surface area contributed by atoms with E-state index in [1.807, 2.05) is 43.3 Å². The molecule has 0 saturated carbocycles. The SMILES string of the molecule is C=CCOC(=O)c1ccc(NC(=O)c2ccc(NC(=O)c3ccc(NC(=O)[C@H](CC#N)CC(=O)c4ccc(CC(=O)/C(C)=C/c5ccc(C)cc5)nc4)cc3)c(OC)c2OCC=C)c(OC)c1OCC=C. The molecule has 0 aliphatic carbocycles. The van der Waals surface area contributed by atoms with Gasteiger partial charge >= 0.3 is 5.97 Å². The molecule has 0 spiro atoms. The number of carbonyl (C=O) groups is 6. The fourth-order valence-electron chi connectivity index (χ4n) is 6.88. The van der Waals surface area contributed by atoms with Gasteiger partial charge in [0.1, 0.15) is 25.4 Å². The first-order chi connectivity index (χ1) is 34.2. The van der Waals surface area contributed by atoms with Crippen molar-refractivity contribution in [1.82, 2.24) is 4.98 Å². The number of anilines is 3. The number of benzene rings is 4. The third-order valence-electron chi connectivity index (χ3n) is 10.6. The number of aromatic nitrogens is 1. The summed E-state index contributed by atoms with van der Waals surface area (Å²) in [4.78, 5) is 84.2. The fraction of sp³-hybridized carbons (Fsp3) is 0.200. The number of allylic oxidation sites excluding steroid dienone is 1. The molecule has 5 rings (SSSR count). The monoisotopic (exact) mass is 959 g/mol. The highest BCUT2D eigenvalue weighted by molar-refractivity contribution is 6.11. The van der Waals surface area contributed by atoms with Crippen molar-refractivity contribution in [3.63, 3.8) is 0 Å². The van der Waals surface area contributed by atoms with Crippen molar-refractivity contribution in [2.75, 3.05) is 50.0 Å². The number of Topliss-reactive ketones (excluding diaryl/α,β-unsaturated/α-hetero) is 2. The Labute approximate surface area is 411 Å². The summed E-state index contributed by atoms with van der Waals surface area (Å²) in [5.74, 6) is -4.06. The molecular weight excluding hydrogens is 907 g/mol. The van der Waals surface area contributed by atoms with Gasteiger partial charge in [-0.15, -0.1) is 0 Å². The summed E-state index contributed by atoms with van der Waals surface area (Å²) in [6.07, 6.45) is 7.03. The zero-order valence-electron chi connectivity index (χ0n) is 39.8. The maximum atomic E-state index is 13.9. The first-order valence-corrected chi connectivity index (χ1v) is 22.1. The minimum absolute atomic E-state index is 0.000720. The number of ketones is 2. The second kappa shape index (κ2) is 25.9. The first kappa shape index (κ1) is 52.9. The van der Waals surface area contributed by atoms with Gasteiger partial charge in [0.2, 0.25) is 5.91 Å². The van der Waals surface area contributed by atoms with Crippen molar-refractivity contribution in [3.8, 4) is 29.1 Å². The number of rotatable bonds is 25. The van der Waals surface area contributed by atoms with E-state index in [-0.39, 0.29) is 101 Å². The molecular formula is C55H53N5O11. The lowest BCUT2D eigenvalue weighted by atomic mass is 9.95. The maximum Gasteiger partial charge on any atom is 0.342 e. The maximum absolute atomic E-state index is 13.9. The number of methoxy groups -OCH3 is 2. The van der Waals surface area contributed by atoms with Gasteiger partial charge in [-0.05, 0) is 91.7 Å². The van der Waals surface area contributed by atoms with Crippen LogP contribution in [0.2, 0.25) is 0 Å². The summed E-state index contributed by atoms with van der Waals surface area (Å²) in [7, 11) is 2.67. The highest BCUT2D eigenvalue weighted by Gasteiger charge is 2.27. The predicted octanol–water partition coefficient (Wildman–Crippen LogP) is 9.34. The Morgan fingerprint density at radius 3 is 1.83 bits per heavy atom. The van der Waals surface area contributed by atoms with Crippen LogP contribution >= 0.6 is 0 Å². The van der Waals surface area contributed by atoms with Crippen LogP contribution in [0.3, 0.4) is 0 Å². The lowest BCUT2D eigenvalue weighted by Gasteiger charge is -2.20. The van der Waals surface area contributed by atoms with E-state index >= 15 is 0 Å². The Kier molecular flexibility index (Phi) is 19.3. The number of hydrogen-bond acceptors (Lipinski definition) is 13. The molecule has 0 radical (unpaired) electrons. The number of aryl methyl sites for hydroxylation is 1. The van der Waals surface area contributed by atoms with Gasteiger partial charge in [0.05, 0.1) is 49.6 Å². The van der Waals surface area contributed by atoms with Crippen LogP contribution in [0, 0.1) is 24.2 Å². The van der Waals surface area contributed by atoms with Crippen LogP contribution in [0.5, 0.6) is 23.0 Å². The zero-order valence-corrected chi connectivity index (χ0v) is 39.8. The van der Waals surface area contributed by atoms with Crippen LogP contribution in [-0.2, 0) is 20.7 Å². The molecule has 1 heterocycles. The largest absolute Gasteiger partial charge is 0.491 e. The van der Waals surface area contributed by atoms with E-state index in [4.69, 9.17) is 23.7 Å². The van der Waals surface area contributed by atoms with Crippen LogP contribution in [0.15, 0.2) is 135 Å². The van der Waals surface area contributed by atoms with Crippen LogP contribution in [0.4, 0.5) is 17.1 Å². The average molecular weight is 960 g/mol. The van der Waals surface area contributed by atoms with E-state index in [0.29, 0.717) is 17.0 Å². The van der Waals surface area contributed by atoms with Gasteiger partial charge in [-0.2, -0.15) is 5.26 Å². The summed E-state index contributed by atoms with van der Waals surface area (Å²) in [6.45, 7) is 14.5. The third-order valence-corrected chi connectivity index (χ3v) is 10.6. The second-order valence-electron chi connectivity index (χ2n) is 15.7. The lowest BCUT2D eigenvalue weighted by Crippen LogP contribution is -2.25. The number of amides is 3. The van der Waals surface area contributed by atoms with Gasteiger partial charge in [-0.3, -0.25) is 29.0 Å². The minimum atomic E-state index is -1.00. The molecule has 4 aromatic carbocycles. The molecule has 0 saturated heterocycles. The molecule has 5 aromatic rings. The zero-order chi connectivity index (χ0) is 51.5. The standard InChI is InChI=1S/C55H53N5O11/c1-8-27-69-48-42(54(65)60-45-24-22-43(55(66)71-29-10-3)49(51(45)68-7)70-28-9-2)21-23-44(50(48)67-6)59-52(63)37-15-18-40(19-16-37)58-53(64)38(25-26-56)31-47(62)39-17-20-41(57-33-39)32-46(61)35(5)30-36-13-11-34(4)12-14-36/h8-24,30,33,38H,1-3,25,27-29,31-32H2,4-7H3,(H,58,64)(H,59,63)(H,60,65)/b35-30+/t38-/m1/s1. The number of esters is 1. The van der Waals surface area contributed by atoms with E-state index in [1.165, 1.54) is 87.2 Å². The molecule has 16 nitrogen and oxygen atoms in total. The second-order valence-corrected chi connectivity index (χ2v) is 15.7. The number of pyridine rings is 1. The van der Waals surface area contributed by atoms with Crippen molar-refractivity contribution in [2.45, 2.75) is 33.1 Å². The number of carbonyl (C=O) groups excluding carboxylic acids is 6. The number of hydrogen-bond donors (Lipinski definition) is 3. The molecule has 1 aromatic heterocycles. The number of nitrogens with zero attached hydrogens (tertiary/aromatic N) is 2. The highest BCUT2D eigenvalue weighted by atomic mass is 16.5. The molecule has 3 amide bonds. The van der Waals surface area contributed by atoms with Crippen LogP contribution in [0.25, 0.3) is 6.08 Å². The summed E-state index contributed by atoms with van der Waals surface area (Å²) >= 11 is 0. The summed E-state index contributed by atoms with van der Waals surface area (Å²) in [5, 5.41) is 17.8. The highest BCUT2D eigenvalue weighted by Crippen LogP contribution is 2.42. The van der Waals surface area contributed by atoms with Crippen molar-refractivity contribution in [3.05, 3.63) is 174 Å². The Morgan fingerprint density at radius 1 is 0.690 bits per heavy atom. The Hall–Kier alpha value is -9.10. The number of nitrogens with one attached hydrogen (secondary N) is 3. The van der Waals surface area contributed by atoms with E-state index < -0.39 is 35.4 Å². The topological polar surface area (TPSA) is 221 Å². The molecule has 71 heavy (non-hydrogen) atoms. The molecule has 3 N–H and O–H groups in total. The smallest absolute Gasteiger partial charge is 0.342 e. The molecule has 1 atom stereocenters. The van der Waals surface area contributed by atoms with Gasteiger partial charge in [0.15, 0.2) is 34.6 Å². The number of nitriles is 1. The van der Waals surface area contributed by atoms with Gasteiger partial charge in [-0.1, -0.05) is 67.8 Å². The Bertz CT molecular complexity index is 2880. The fourth-order valence-corrected chi connectivity index (χ4v) is 6.88. The molecule has 0 unspecified atom stereocenters. The molecule has 0 aliphatic rings. The van der Waals surface area contributed by atoms with Crippen molar-refractivity contribution >= 4 is 58.4 Å². The molecule has 364 valence electrons. The molecule has 0 bridgehead atoms. The van der Waals surface area contributed by atoms with Crippen molar-refractivity contribution in [1.29, 1.82) is 5.26 Å². The van der Waals surface area contributed by atoms with Crippen molar-refractivity contribution < 1.29 is 52.5 Å². The Morgan fingerprint density at radius 2 is 1.27 bits per heavy atom.